The second kappa shape index (κ2) is 9.05. The molecular formula is C20H15ClFNO5. The number of carbonyl (C=O) groups excluding carboxylic acids is 2. The summed E-state index contributed by atoms with van der Waals surface area (Å²) in [6, 6.07) is 15.9. The Morgan fingerprint density at radius 1 is 1.07 bits per heavy atom. The highest BCUT2D eigenvalue weighted by molar-refractivity contribution is 6.31. The molecule has 0 fully saturated rings. The Hall–Kier alpha value is -3.32. The highest BCUT2D eigenvalue weighted by Crippen LogP contribution is 2.19. The van der Waals surface area contributed by atoms with Crippen LogP contribution in [0.5, 0.6) is 5.75 Å². The maximum atomic E-state index is 13.1. The van der Waals surface area contributed by atoms with Crippen LogP contribution in [0.1, 0.15) is 16.3 Å². The predicted octanol–water partition coefficient (Wildman–Crippen LogP) is 4.45. The smallest absolute Gasteiger partial charge is 0.374 e. The molecule has 0 radical (unpaired) electrons. The molecule has 0 aliphatic carbocycles. The molecule has 1 heterocycles. The Morgan fingerprint density at radius 3 is 2.61 bits per heavy atom. The van der Waals surface area contributed by atoms with Crippen molar-refractivity contribution in [2.75, 3.05) is 11.9 Å². The summed E-state index contributed by atoms with van der Waals surface area (Å²) >= 11 is 5.64. The monoisotopic (exact) mass is 403 g/mol. The van der Waals surface area contributed by atoms with Crippen molar-refractivity contribution in [2.45, 2.75) is 6.61 Å². The quantitative estimate of drug-likeness (QED) is 0.590. The summed E-state index contributed by atoms with van der Waals surface area (Å²) < 4.78 is 28.9. The second-order valence-electron chi connectivity index (χ2n) is 5.62. The van der Waals surface area contributed by atoms with Gasteiger partial charge in [0.2, 0.25) is 5.76 Å². The van der Waals surface area contributed by atoms with Gasteiger partial charge in [0.1, 0.15) is 23.9 Å². The minimum Gasteiger partial charge on any atom is -0.486 e. The number of ether oxygens (including phenoxy) is 2. The first-order valence-electron chi connectivity index (χ1n) is 8.20. The van der Waals surface area contributed by atoms with Gasteiger partial charge in [0, 0.05) is 5.69 Å². The van der Waals surface area contributed by atoms with Crippen molar-refractivity contribution < 1.29 is 27.9 Å². The summed E-state index contributed by atoms with van der Waals surface area (Å²) in [5.41, 5.74) is 0.283. The predicted molar refractivity (Wildman–Crippen MR) is 99.8 cm³/mol. The van der Waals surface area contributed by atoms with Crippen molar-refractivity contribution in [3.05, 3.63) is 83.0 Å². The topological polar surface area (TPSA) is 77.8 Å². The molecule has 3 rings (SSSR count). The molecule has 6 nitrogen and oxygen atoms in total. The lowest BCUT2D eigenvalue weighted by atomic mass is 10.3. The molecule has 0 spiro atoms. The lowest BCUT2D eigenvalue weighted by Gasteiger charge is -2.06. The Labute approximate surface area is 164 Å². The maximum absolute atomic E-state index is 13.1. The molecule has 0 aliphatic heterocycles. The number of hydrogen-bond donors (Lipinski definition) is 1. The minimum absolute atomic E-state index is 0.0516. The van der Waals surface area contributed by atoms with Crippen molar-refractivity contribution in [2.24, 2.45) is 0 Å². The van der Waals surface area contributed by atoms with Crippen LogP contribution in [0.3, 0.4) is 0 Å². The zero-order valence-electron chi connectivity index (χ0n) is 14.5. The molecule has 3 aromatic rings. The highest BCUT2D eigenvalue weighted by Gasteiger charge is 2.15. The van der Waals surface area contributed by atoms with E-state index in [-0.39, 0.29) is 23.1 Å². The molecule has 0 bridgehead atoms. The van der Waals surface area contributed by atoms with Crippen LogP contribution in [0, 0.1) is 5.82 Å². The average molecular weight is 404 g/mol. The van der Waals surface area contributed by atoms with E-state index in [1.54, 1.807) is 18.2 Å². The van der Waals surface area contributed by atoms with Crippen molar-refractivity contribution in [3.8, 4) is 5.75 Å². The molecule has 0 unspecified atom stereocenters. The van der Waals surface area contributed by atoms with Gasteiger partial charge in [-0.25, -0.2) is 9.18 Å². The molecule has 1 N–H and O–H groups in total. The number of hydrogen-bond acceptors (Lipinski definition) is 5. The fourth-order valence-electron chi connectivity index (χ4n) is 2.21. The van der Waals surface area contributed by atoms with Crippen LogP contribution >= 0.6 is 11.6 Å². The number of amides is 1. The summed E-state index contributed by atoms with van der Waals surface area (Å²) in [5.74, 6) is -0.949. The van der Waals surface area contributed by atoms with E-state index in [2.05, 4.69) is 5.32 Å². The van der Waals surface area contributed by atoms with Crippen LogP contribution in [0.15, 0.2) is 65.1 Å². The van der Waals surface area contributed by atoms with Gasteiger partial charge in [-0.1, -0.05) is 29.8 Å². The van der Waals surface area contributed by atoms with Gasteiger partial charge < -0.3 is 19.2 Å². The van der Waals surface area contributed by atoms with Crippen molar-refractivity contribution in [1.82, 2.24) is 0 Å². The SMILES string of the molecule is O=C(COC(=O)c1ccc(COc2ccccc2)o1)Nc1ccc(F)c(Cl)c1. The zero-order chi connectivity index (χ0) is 19.9. The number of carbonyl (C=O) groups is 2. The number of anilines is 1. The van der Waals surface area contributed by atoms with Crippen LogP contribution in [-0.4, -0.2) is 18.5 Å². The summed E-state index contributed by atoms with van der Waals surface area (Å²) in [5, 5.41) is 2.31. The van der Waals surface area contributed by atoms with Crippen LogP contribution in [0.4, 0.5) is 10.1 Å². The number of halogens is 2. The summed E-state index contributed by atoms with van der Waals surface area (Å²) in [6.45, 7) is -0.395. The maximum Gasteiger partial charge on any atom is 0.374 e. The summed E-state index contributed by atoms with van der Waals surface area (Å²) in [4.78, 5) is 23.8. The average Bonchev–Trinajstić information content (AvgIpc) is 3.17. The number of para-hydroxylation sites is 1. The second-order valence-corrected chi connectivity index (χ2v) is 6.03. The van der Waals surface area contributed by atoms with Crippen molar-refractivity contribution in [1.29, 1.82) is 0 Å². The van der Waals surface area contributed by atoms with E-state index in [0.29, 0.717) is 11.5 Å². The van der Waals surface area contributed by atoms with E-state index in [1.165, 1.54) is 18.2 Å². The van der Waals surface area contributed by atoms with Gasteiger partial charge >= 0.3 is 5.97 Å². The first-order chi connectivity index (χ1) is 13.5. The number of nitrogens with one attached hydrogen (secondary N) is 1. The van der Waals surface area contributed by atoms with Crippen LogP contribution < -0.4 is 10.1 Å². The van der Waals surface area contributed by atoms with Gasteiger partial charge in [-0.05, 0) is 42.5 Å². The molecule has 0 saturated carbocycles. The molecule has 1 amide bonds. The van der Waals surface area contributed by atoms with E-state index in [4.69, 9.17) is 25.5 Å². The van der Waals surface area contributed by atoms with Gasteiger partial charge in [0.15, 0.2) is 6.61 Å². The Morgan fingerprint density at radius 2 is 1.86 bits per heavy atom. The number of rotatable bonds is 7. The number of benzene rings is 2. The molecule has 1 aromatic heterocycles. The normalized spacial score (nSPS) is 10.4. The van der Waals surface area contributed by atoms with Gasteiger partial charge in [-0.3, -0.25) is 4.79 Å². The largest absolute Gasteiger partial charge is 0.486 e. The number of esters is 1. The third kappa shape index (κ3) is 5.34. The fourth-order valence-corrected chi connectivity index (χ4v) is 2.39. The molecule has 8 heteroatoms. The van der Waals surface area contributed by atoms with Gasteiger partial charge in [0.05, 0.1) is 5.02 Å². The third-order valence-corrected chi connectivity index (χ3v) is 3.81. The Kier molecular flexibility index (Phi) is 6.29. The van der Waals surface area contributed by atoms with E-state index in [1.807, 2.05) is 18.2 Å². The van der Waals surface area contributed by atoms with Crippen molar-refractivity contribution in [3.63, 3.8) is 0 Å². The third-order valence-electron chi connectivity index (χ3n) is 3.52. The molecule has 0 atom stereocenters. The first kappa shape index (κ1) is 19.4. The van der Waals surface area contributed by atoms with E-state index < -0.39 is 24.3 Å². The van der Waals surface area contributed by atoms with E-state index in [0.717, 1.165) is 6.07 Å². The molecule has 0 saturated heterocycles. The van der Waals surface area contributed by atoms with Crippen LogP contribution in [0.25, 0.3) is 0 Å². The summed E-state index contributed by atoms with van der Waals surface area (Å²) in [7, 11) is 0. The Bertz CT molecular complexity index is 974. The summed E-state index contributed by atoms with van der Waals surface area (Å²) in [6.07, 6.45) is 0. The van der Waals surface area contributed by atoms with E-state index >= 15 is 0 Å². The standard InChI is InChI=1S/C20H15ClFNO5/c21-16-10-13(6-8-17(16)22)23-19(24)12-27-20(25)18-9-7-15(28-18)11-26-14-4-2-1-3-5-14/h1-10H,11-12H2,(H,23,24). The zero-order valence-corrected chi connectivity index (χ0v) is 15.2. The molecule has 2 aromatic carbocycles. The number of furan rings is 1. The highest BCUT2D eigenvalue weighted by atomic mass is 35.5. The fraction of sp³-hybridized carbons (Fsp3) is 0.100. The van der Waals surface area contributed by atoms with Crippen LogP contribution in [0.2, 0.25) is 5.02 Å². The molecule has 28 heavy (non-hydrogen) atoms. The van der Waals surface area contributed by atoms with Gasteiger partial charge in [0.25, 0.3) is 5.91 Å². The molecular weight excluding hydrogens is 389 g/mol. The van der Waals surface area contributed by atoms with Crippen molar-refractivity contribution >= 4 is 29.2 Å². The lowest BCUT2D eigenvalue weighted by molar-refractivity contribution is -0.119. The van der Waals surface area contributed by atoms with E-state index in [9.17, 15) is 14.0 Å². The van der Waals surface area contributed by atoms with Gasteiger partial charge in [-0.2, -0.15) is 0 Å². The molecule has 0 aliphatic rings. The Balaban J connectivity index is 1.47. The van der Waals surface area contributed by atoms with Crippen LogP contribution in [-0.2, 0) is 16.1 Å². The van der Waals surface area contributed by atoms with Gasteiger partial charge in [-0.15, -0.1) is 0 Å². The minimum atomic E-state index is -0.793. The first-order valence-corrected chi connectivity index (χ1v) is 8.57. The lowest BCUT2D eigenvalue weighted by Crippen LogP contribution is -2.20. The molecule has 144 valence electrons.